The van der Waals surface area contributed by atoms with Gasteiger partial charge in [0.05, 0.1) is 31.7 Å². The summed E-state index contributed by atoms with van der Waals surface area (Å²) >= 11 is 0. The topological polar surface area (TPSA) is 189 Å². The van der Waals surface area contributed by atoms with E-state index in [-0.39, 0.29) is 43.1 Å². The van der Waals surface area contributed by atoms with Crippen LogP contribution in [0.25, 0.3) is 11.5 Å². The Labute approximate surface area is 297 Å². The van der Waals surface area contributed by atoms with Crippen molar-refractivity contribution in [1.29, 1.82) is 0 Å². The number of oxazole rings is 1. The van der Waals surface area contributed by atoms with Crippen LogP contribution in [0.3, 0.4) is 0 Å². The first-order valence-electron chi connectivity index (χ1n) is 16.0. The molecule has 0 radical (unpaired) electrons. The number of carbonyl (C=O) groups excluding carboxylic acids is 2. The van der Waals surface area contributed by atoms with Crippen LogP contribution in [-0.2, 0) is 42.8 Å². The van der Waals surface area contributed by atoms with Crippen LogP contribution in [-0.4, -0.2) is 89.2 Å². The highest BCUT2D eigenvalue weighted by atomic mass is 32.2. The Morgan fingerprint density at radius 1 is 1.02 bits per heavy atom. The molecule has 17 heteroatoms. The lowest BCUT2D eigenvalue weighted by molar-refractivity contribution is -0.129. The lowest BCUT2D eigenvalue weighted by atomic mass is 10.1. The molecule has 2 heterocycles. The van der Waals surface area contributed by atoms with Crippen LogP contribution < -0.4 is 24.8 Å². The number of methoxy groups -OCH3 is 1. The highest BCUT2D eigenvalue weighted by Crippen LogP contribution is 2.33. The average Bonchev–Trinajstić information content (AvgIpc) is 3.48. The maximum Gasteiger partial charge on any atom is 0.301 e. The van der Waals surface area contributed by atoms with E-state index in [9.17, 15) is 26.4 Å². The largest absolute Gasteiger partial charge is 0.493 e. The number of fused-ring (bicyclic) bond motifs is 5. The number of sulfonamides is 1. The van der Waals surface area contributed by atoms with Crippen LogP contribution in [0.5, 0.6) is 11.5 Å². The average molecular weight is 741 g/mol. The van der Waals surface area contributed by atoms with Crippen LogP contribution >= 0.6 is 0 Å². The summed E-state index contributed by atoms with van der Waals surface area (Å²) in [5.74, 6) is 0.394. The fourth-order valence-corrected chi connectivity index (χ4v) is 7.23. The number of benzene rings is 3. The van der Waals surface area contributed by atoms with E-state index in [1.54, 1.807) is 25.1 Å². The van der Waals surface area contributed by atoms with Crippen molar-refractivity contribution in [2.75, 3.05) is 45.6 Å². The Morgan fingerprint density at radius 3 is 2.43 bits per heavy atom. The molecule has 0 aliphatic carbocycles. The van der Waals surface area contributed by atoms with Gasteiger partial charge in [0, 0.05) is 38.3 Å². The smallest absolute Gasteiger partial charge is 0.301 e. The Kier molecular flexibility index (Phi) is 11.6. The molecule has 1 aliphatic heterocycles. The Balaban J connectivity index is 1.46. The van der Waals surface area contributed by atoms with Gasteiger partial charge in [-0.2, -0.15) is 17.0 Å². The summed E-state index contributed by atoms with van der Waals surface area (Å²) in [5.41, 5.74) is 2.01. The summed E-state index contributed by atoms with van der Waals surface area (Å²) in [6, 6.07) is 18.3. The SMILES string of the molecule is COc1ccc2cc1OCCCN(S(=O)(=O)c1ccc(NS(=O)(=O)N(C)C)cc1)CC(=O)N[C@H](Cc1ccccc1)C(=O)NCc1nc-2oc1C. The Morgan fingerprint density at radius 2 is 1.75 bits per heavy atom. The van der Waals surface area contributed by atoms with Crippen molar-refractivity contribution in [3.8, 4) is 23.0 Å². The maximum atomic E-state index is 14.0. The fraction of sp³-hybridized carbons (Fsp3) is 0.324. The molecule has 2 amide bonds. The minimum Gasteiger partial charge on any atom is -0.493 e. The van der Waals surface area contributed by atoms with Gasteiger partial charge in [-0.15, -0.1) is 0 Å². The quantitative estimate of drug-likeness (QED) is 0.242. The molecule has 3 N–H and O–H groups in total. The van der Waals surface area contributed by atoms with Gasteiger partial charge in [-0.05, 0) is 61.4 Å². The van der Waals surface area contributed by atoms with Crippen LogP contribution in [0, 0.1) is 6.92 Å². The molecule has 5 rings (SSSR count). The molecule has 4 bridgehead atoms. The number of hydrogen-bond donors (Lipinski definition) is 3. The van der Waals surface area contributed by atoms with Gasteiger partial charge in [0.2, 0.25) is 27.7 Å². The standard InChI is InChI=1S/C34H40N6O9S2/c1-23-29-21-35-33(42)28(19-24-9-6-5-7-10-24)36-32(41)22-40(50(43,44)27-14-12-26(13-15-27)38-51(45,46)39(2)3)17-8-18-48-31-20-25(34(37-29)49-23)11-16-30(31)47-4/h5-7,9-16,20,28,38H,8,17-19,21-22H2,1-4H3,(H,35,42)(H,36,41)/t28-/m1/s1. The van der Waals surface area contributed by atoms with Gasteiger partial charge >= 0.3 is 10.2 Å². The number of aryl methyl sites for hydroxylation is 1. The molecule has 0 fully saturated rings. The van der Waals surface area contributed by atoms with E-state index in [0.717, 1.165) is 14.2 Å². The molecule has 1 atom stereocenters. The van der Waals surface area contributed by atoms with Crippen molar-refractivity contribution >= 4 is 37.7 Å². The zero-order chi connectivity index (χ0) is 36.8. The first-order valence-corrected chi connectivity index (χ1v) is 18.8. The van der Waals surface area contributed by atoms with Crippen molar-refractivity contribution in [1.82, 2.24) is 24.2 Å². The minimum atomic E-state index is -4.30. The molecule has 1 aliphatic rings. The Hall–Kier alpha value is -4.97. The number of aromatic nitrogens is 1. The Bertz CT molecular complexity index is 2070. The summed E-state index contributed by atoms with van der Waals surface area (Å²) in [4.78, 5) is 31.6. The molecular weight excluding hydrogens is 701 g/mol. The fourth-order valence-electron chi connectivity index (χ4n) is 5.18. The van der Waals surface area contributed by atoms with Gasteiger partial charge in [0.15, 0.2) is 11.5 Å². The second-order valence-electron chi connectivity index (χ2n) is 11.9. The third-order valence-electron chi connectivity index (χ3n) is 8.02. The van der Waals surface area contributed by atoms with E-state index in [1.165, 1.54) is 45.5 Å². The van der Waals surface area contributed by atoms with Crippen LogP contribution in [0.4, 0.5) is 5.69 Å². The van der Waals surface area contributed by atoms with Crippen LogP contribution in [0.1, 0.15) is 23.4 Å². The number of hydrogen-bond acceptors (Lipinski definition) is 10. The second-order valence-corrected chi connectivity index (χ2v) is 15.7. The van der Waals surface area contributed by atoms with E-state index in [1.807, 2.05) is 30.3 Å². The molecule has 1 aromatic heterocycles. The van der Waals surface area contributed by atoms with Crippen molar-refractivity contribution in [2.45, 2.75) is 37.2 Å². The van der Waals surface area contributed by atoms with Crippen molar-refractivity contribution in [3.05, 3.63) is 89.8 Å². The molecule has 3 aromatic carbocycles. The van der Waals surface area contributed by atoms with Gasteiger partial charge in [-0.25, -0.2) is 13.4 Å². The minimum absolute atomic E-state index is 0.00996. The third kappa shape index (κ3) is 9.23. The first-order chi connectivity index (χ1) is 24.3. The number of nitrogens with zero attached hydrogens (tertiary/aromatic N) is 3. The van der Waals surface area contributed by atoms with E-state index < -0.39 is 44.6 Å². The van der Waals surface area contributed by atoms with E-state index >= 15 is 0 Å². The normalized spacial score (nSPS) is 16.7. The van der Waals surface area contributed by atoms with E-state index in [0.29, 0.717) is 34.4 Å². The molecule has 0 saturated heterocycles. The number of carbonyl (C=O) groups is 2. The number of ether oxygens (including phenoxy) is 2. The van der Waals surface area contributed by atoms with Crippen molar-refractivity contribution in [2.24, 2.45) is 0 Å². The van der Waals surface area contributed by atoms with Gasteiger partial charge in [-0.1, -0.05) is 30.3 Å². The van der Waals surface area contributed by atoms with Crippen LogP contribution in [0.15, 0.2) is 82.1 Å². The molecule has 15 nitrogen and oxygen atoms in total. The molecule has 0 saturated carbocycles. The number of anilines is 1. The van der Waals surface area contributed by atoms with Crippen molar-refractivity contribution in [3.63, 3.8) is 0 Å². The molecule has 272 valence electrons. The highest BCUT2D eigenvalue weighted by Gasteiger charge is 2.29. The van der Waals surface area contributed by atoms with E-state index in [4.69, 9.17) is 13.9 Å². The second kappa shape index (κ2) is 15.9. The summed E-state index contributed by atoms with van der Waals surface area (Å²) in [6.45, 7) is 1.05. The first kappa shape index (κ1) is 37.3. The third-order valence-corrected chi connectivity index (χ3v) is 11.3. The zero-order valence-corrected chi connectivity index (χ0v) is 30.2. The molecular formula is C34H40N6O9S2. The zero-order valence-electron chi connectivity index (χ0n) is 28.6. The molecule has 4 aromatic rings. The lowest BCUT2D eigenvalue weighted by Crippen LogP contribution is -2.51. The predicted octanol–water partition coefficient (Wildman–Crippen LogP) is 2.69. The maximum absolute atomic E-state index is 14.0. The van der Waals surface area contributed by atoms with Gasteiger partial charge in [0.1, 0.15) is 17.5 Å². The van der Waals surface area contributed by atoms with Gasteiger partial charge in [-0.3, -0.25) is 14.3 Å². The number of rotatable bonds is 8. The highest BCUT2D eigenvalue weighted by molar-refractivity contribution is 7.90. The summed E-state index contributed by atoms with van der Waals surface area (Å²) in [5, 5.41) is 5.55. The molecule has 0 spiro atoms. The molecule has 0 unspecified atom stereocenters. The summed E-state index contributed by atoms with van der Waals surface area (Å²) in [6.07, 6.45) is 0.303. The monoisotopic (exact) mass is 740 g/mol. The van der Waals surface area contributed by atoms with Crippen LogP contribution in [0.2, 0.25) is 0 Å². The van der Waals surface area contributed by atoms with E-state index in [2.05, 4.69) is 20.3 Å². The number of amides is 2. The lowest BCUT2D eigenvalue weighted by Gasteiger charge is -2.24. The summed E-state index contributed by atoms with van der Waals surface area (Å²) in [7, 11) is -3.93. The van der Waals surface area contributed by atoms with Crippen molar-refractivity contribution < 1.29 is 40.3 Å². The summed E-state index contributed by atoms with van der Waals surface area (Å²) < 4.78 is 74.2. The molecule has 51 heavy (non-hydrogen) atoms. The predicted molar refractivity (Wildman–Crippen MR) is 189 cm³/mol. The number of nitrogens with one attached hydrogen (secondary N) is 3. The van der Waals surface area contributed by atoms with Gasteiger partial charge in [0.25, 0.3) is 0 Å². The van der Waals surface area contributed by atoms with Gasteiger partial charge < -0.3 is 24.5 Å².